The molecular weight excluding hydrogens is 448 g/mol. The van der Waals surface area contributed by atoms with Gasteiger partial charge in [0.25, 0.3) is 0 Å². The number of piperazine rings is 1. The van der Waals surface area contributed by atoms with Crippen LogP contribution in [-0.2, 0) is 0 Å². The molecular formula is C30H34N4O2. The van der Waals surface area contributed by atoms with E-state index in [-0.39, 0.29) is 12.0 Å². The summed E-state index contributed by atoms with van der Waals surface area (Å²) < 4.78 is 11.1. The van der Waals surface area contributed by atoms with E-state index in [1.807, 2.05) is 18.2 Å². The topological polar surface area (TPSA) is 62.4 Å². The molecule has 3 aromatic carbocycles. The summed E-state index contributed by atoms with van der Waals surface area (Å²) in [4.78, 5) is 11.4. The number of aromatic amines is 1. The summed E-state index contributed by atoms with van der Waals surface area (Å²) in [6.45, 7) is 6.00. The van der Waals surface area contributed by atoms with Gasteiger partial charge in [-0.2, -0.15) is 0 Å². The van der Waals surface area contributed by atoms with Gasteiger partial charge < -0.3 is 19.8 Å². The number of aryl methyl sites for hydroxylation is 1. The Morgan fingerprint density at radius 2 is 1.47 bits per heavy atom. The van der Waals surface area contributed by atoms with E-state index >= 15 is 0 Å². The minimum Gasteiger partial charge on any atom is -0.497 e. The first-order valence-electron chi connectivity index (χ1n) is 12.5. The molecule has 0 radical (unpaired) electrons. The van der Waals surface area contributed by atoms with Gasteiger partial charge in [-0.1, -0.05) is 60.7 Å². The lowest BCUT2D eigenvalue weighted by Gasteiger charge is -2.39. The number of hydrogen-bond acceptors (Lipinski definition) is 5. The molecule has 1 aliphatic rings. The summed E-state index contributed by atoms with van der Waals surface area (Å²) in [5.74, 6) is 2.43. The fraction of sp³-hybridized carbons (Fsp3) is 0.300. The van der Waals surface area contributed by atoms with Gasteiger partial charge in [0.2, 0.25) is 0 Å². The SMILES string of the molecule is COc1ccc(-c2nc(C(C(c3ccccc3)c3ccccc3)N3CCNCC3)c(C)[nH]2)c(OC)c1. The van der Waals surface area contributed by atoms with Crippen LogP contribution < -0.4 is 14.8 Å². The molecule has 2 N–H and O–H groups in total. The predicted octanol–water partition coefficient (Wildman–Crippen LogP) is 5.18. The summed E-state index contributed by atoms with van der Waals surface area (Å²) in [5.41, 5.74) is 5.64. The van der Waals surface area contributed by atoms with Crippen molar-refractivity contribution in [1.29, 1.82) is 0 Å². The number of nitrogens with zero attached hydrogens (tertiary/aromatic N) is 2. The maximum absolute atomic E-state index is 5.70. The molecule has 2 heterocycles. The average molecular weight is 483 g/mol. The molecule has 1 fully saturated rings. The van der Waals surface area contributed by atoms with E-state index in [9.17, 15) is 0 Å². The van der Waals surface area contributed by atoms with Crippen molar-refractivity contribution in [3.63, 3.8) is 0 Å². The van der Waals surface area contributed by atoms with Gasteiger partial charge in [0.15, 0.2) is 0 Å². The van der Waals surface area contributed by atoms with Gasteiger partial charge in [0.05, 0.1) is 31.5 Å². The number of hydrogen-bond donors (Lipinski definition) is 2. The van der Waals surface area contributed by atoms with E-state index in [1.54, 1.807) is 14.2 Å². The highest BCUT2D eigenvalue weighted by Gasteiger charge is 2.35. The molecule has 0 amide bonds. The Morgan fingerprint density at radius 1 is 0.833 bits per heavy atom. The molecule has 0 bridgehead atoms. The van der Waals surface area contributed by atoms with Crippen LogP contribution in [0.5, 0.6) is 11.5 Å². The molecule has 6 nitrogen and oxygen atoms in total. The molecule has 1 aliphatic heterocycles. The summed E-state index contributed by atoms with van der Waals surface area (Å²) in [6.07, 6.45) is 0. The summed E-state index contributed by atoms with van der Waals surface area (Å²) in [7, 11) is 3.34. The summed E-state index contributed by atoms with van der Waals surface area (Å²) >= 11 is 0. The standard InChI is InChI=1S/C30H34N4O2/c1-21-28(33-30(32-21)25-15-14-24(35-2)20-26(25)36-3)29(34-18-16-31-17-19-34)27(22-10-6-4-7-11-22)23-12-8-5-9-13-23/h4-15,20,27,29,31H,16-19H2,1-3H3,(H,32,33). The second-order valence-corrected chi connectivity index (χ2v) is 9.19. The van der Waals surface area contributed by atoms with Gasteiger partial charge in [-0.15, -0.1) is 0 Å². The molecule has 1 saturated heterocycles. The van der Waals surface area contributed by atoms with Gasteiger partial charge in [-0.05, 0) is 30.2 Å². The first kappa shape index (κ1) is 24.1. The van der Waals surface area contributed by atoms with Crippen LogP contribution in [0, 0.1) is 6.92 Å². The molecule has 5 rings (SSSR count). The van der Waals surface area contributed by atoms with Crippen molar-refractivity contribution in [2.24, 2.45) is 0 Å². The van der Waals surface area contributed by atoms with Crippen molar-refractivity contribution < 1.29 is 9.47 Å². The smallest absolute Gasteiger partial charge is 0.141 e. The predicted molar refractivity (Wildman–Crippen MR) is 144 cm³/mol. The van der Waals surface area contributed by atoms with Crippen LogP contribution in [-0.4, -0.2) is 55.3 Å². The number of imidazole rings is 1. The number of ether oxygens (including phenoxy) is 2. The van der Waals surface area contributed by atoms with Crippen LogP contribution in [0.15, 0.2) is 78.9 Å². The molecule has 0 spiro atoms. The highest BCUT2D eigenvalue weighted by atomic mass is 16.5. The largest absolute Gasteiger partial charge is 0.497 e. The fourth-order valence-electron chi connectivity index (χ4n) is 5.26. The molecule has 0 saturated carbocycles. The Bertz CT molecular complexity index is 1230. The third-order valence-corrected chi connectivity index (χ3v) is 7.04. The lowest BCUT2D eigenvalue weighted by atomic mass is 9.82. The van der Waals surface area contributed by atoms with E-state index < -0.39 is 0 Å². The highest BCUT2D eigenvalue weighted by molar-refractivity contribution is 5.66. The van der Waals surface area contributed by atoms with E-state index in [0.717, 1.165) is 60.5 Å². The van der Waals surface area contributed by atoms with Gasteiger partial charge in [-0.3, -0.25) is 4.90 Å². The van der Waals surface area contributed by atoms with Crippen molar-refractivity contribution in [2.75, 3.05) is 40.4 Å². The number of benzene rings is 3. The number of H-pyrrole nitrogens is 1. The maximum Gasteiger partial charge on any atom is 0.141 e. The van der Waals surface area contributed by atoms with Crippen molar-refractivity contribution in [1.82, 2.24) is 20.2 Å². The van der Waals surface area contributed by atoms with Crippen molar-refractivity contribution in [3.05, 3.63) is 101 Å². The van der Waals surface area contributed by atoms with Crippen molar-refractivity contribution >= 4 is 0 Å². The summed E-state index contributed by atoms with van der Waals surface area (Å²) in [6, 6.07) is 27.6. The molecule has 1 aromatic heterocycles. The average Bonchev–Trinajstić information content (AvgIpc) is 3.33. The lowest BCUT2D eigenvalue weighted by molar-refractivity contribution is 0.156. The second-order valence-electron chi connectivity index (χ2n) is 9.19. The Labute approximate surface area is 213 Å². The fourth-order valence-corrected chi connectivity index (χ4v) is 5.26. The zero-order valence-electron chi connectivity index (χ0n) is 21.2. The molecule has 1 unspecified atom stereocenters. The zero-order valence-corrected chi connectivity index (χ0v) is 21.2. The lowest BCUT2D eigenvalue weighted by Crippen LogP contribution is -2.47. The van der Waals surface area contributed by atoms with Crippen LogP contribution in [0.1, 0.15) is 34.5 Å². The Kier molecular flexibility index (Phi) is 7.35. The van der Waals surface area contributed by atoms with E-state index in [1.165, 1.54) is 11.1 Å². The zero-order chi connectivity index (χ0) is 24.9. The molecule has 36 heavy (non-hydrogen) atoms. The van der Waals surface area contributed by atoms with Gasteiger partial charge in [-0.25, -0.2) is 4.98 Å². The Hall–Kier alpha value is -3.61. The monoisotopic (exact) mass is 482 g/mol. The first-order valence-corrected chi connectivity index (χ1v) is 12.5. The van der Waals surface area contributed by atoms with Crippen LogP contribution in [0.2, 0.25) is 0 Å². The van der Waals surface area contributed by atoms with E-state index in [0.29, 0.717) is 0 Å². The minimum atomic E-state index is 0.0751. The van der Waals surface area contributed by atoms with Crippen LogP contribution in [0.4, 0.5) is 0 Å². The van der Waals surface area contributed by atoms with Crippen LogP contribution >= 0.6 is 0 Å². The third kappa shape index (κ3) is 4.87. The van der Waals surface area contributed by atoms with Crippen molar-refractivity contribution in [2.45, 2.75) is 18.9 Å². The van der Waals surface area contributed by atoms with Gasteiger partial charge >= 0.3 is 0 Å². The van der Waals surface area contributed by atoms with E-state index in [2.05, 4.69) is 82.8 Å². The molecule has 0 aliphatic carbocycles. The molecule has 1 atom stereocenters. The maximum atomic E-state index is 5.70. The number of rotatable bonds is 8. The number of methoxy groups -OCH3 is 2. The number of aromatic nitrogens is 2. The van der Waals surface area contributed by atoms with Crippen LogP contribution in [0.25, 0.3) is 11.4 Å². The van der Waals surface area contributed by atoms with Gasteiger partial charge in [0, 0.05) is 43.9 Å². The highest BCUT2D eigenvalue weighted by Crippen LogP contribution is 2.42. The van der Waals surface area contributed by atoms with Crippen LogP contribution in [0.3, 0.4) is 0 Å². The minimum absolute atomic E-state index is 0.0751. The number of nitrogens with one attached hydrogen (secondary N) is 2. The molecule has 186 valence electrons. The quantitative estimate of drug-likeness (QED) is 0.362. The second kappa shape index (κ2) is 11.0. The normalized spacial score (nSPS) is 15.1. The third-order valence-electron chi connectivity index (χ3n) is 7.04. The Balaban J connectivity index is 1.65. The van der Waals surface area contributed by atoms with Crippen molar-refractivity contribution in [3.8, 4) is 22.9 Å². The molecule has 4 aromatic rings. The van der Waals surface area contributed by atoms with E-state index in [4.69, 9.17) is 14.5 Å². The summed E-state index contributed by atoms with van der Waals surface area (Å²) in [5, 5.41) is 3.51. The molecule has 6 heteroatoms. The first-order chi connectivity index (χ1) is 17.7. The Morgan fingerprint density at radius 3 is 2.06 bits per heavy atom. The van der Waals surface area contributed by atoms with Gasteiger partial charge in [0.1, 0.15) is 17.3 Å².